The monoisotopic (exact) mass is 486 g/mol. The fourth-order valence-electron chi connectivity index (χ4n) is 4.01. The first-order valence-corrected chi connectivity index (χ1v) is 12.5. The molecule has 4 rings (SSSR count). The maximum absolute atomic E-state index is 13.6. The zero-order valence-corrected chi connectivity index (χ0v) is 21.6. The molecule has 2 aromatic carbocycles. The molecule has 1 aromatic heterocycles. The highest BCUT2D eigenvalue weighted by molar-refractivity contribution is 7.07. The van der Waals surface area contributed by atoms with Crippen LogP contribution in [0.1, 0.15) is 57.4 Å². The average molecular weight is 487 g/mol. The molecule has 2 heterocycles. The van der Waals surface area contributed by atoms with Crippen LogP contribution in [0.3, 0.4) is 0 Å². The zero-order chi connectivity index (χ0) is 25.2. The van der Waals surface area contributed by atoms with E-state index in [1.807, 2.05) is 60.7 Å². The van der Waals surface area contributed by atoms with Crippen molar-refractivity contribution in [3.8, 4) is 0 Å². The van der Waals surface area contributed by atoms with Crippen molar-refractivity contribution in [1.82, 2.24) is 4.57 Å². The Kier molecular flexibility index (Phi) is 7.03. The minimum atomic E-state index is -0.601. The standard InChI is InChI=1S/C29H30N2O3S/c1-6-34-27(33)25-19(2)30-28-31(23(25)17-14-20-10-8-7-9-11-20)26(32)24(35-28)18-21-12-15-22(16-13-21)29(3,4)5/h7-18,23H,6H2,1-5H3/b17-14+,24-18+/t23-/m1/s1. The Balaban J connectivity index is 1.82. The number of hydrogen-bond acceptors (Lipinski definition) is 5. The lowest BCUT2D eigenvalue weighted by Crippen LogP contribution is -2.38. The molecule has 180 valence electrons. The van der Waals surface area contributed by atoms with Crippen LogP contribution in [0.4, 0.5) is 0 Å². The van der Waals surface area contributed by atoms with Crippen molar-refractivity contribution in [2.75, 3.05) is 6.61 Å². The summed E-state index contributed by atoms with van der Waals surface area (Å²) in [4.78, 5) is 31.6. The molecule has 0 saturated heterocycles. The molecule has 0 bridgehead atoms. The fraction of sp³-hybridized carbons (Fsp3) is 0.276. The summed E-state index contributed by atoms with van der Waals surface area (Å²) in [5.74, 6) is -0.455. The van der Waals surface area contributed by atoms with Gasteiger partial charge in [0.1, 0.15) is 0 Å². The number of thiazole rings is 1. The third-order valence-corrected chi connectivity index (χ3v) is 6.89. The highest BCUT2D eigenvalue weighted by Crippen LogP contribution is 2.26. The topological polar surface area (TPSA) is 60.7 Å². The Hall–Kier alpha value is -3.51. The second-order valence-electron chi connectivity index (χ2n) is 9.49. The summed E-state index contributed by atoms with van der Waals surface area (Å²) in [5, 5.41) is 0. The summed E-state index contributed by atoms with van der Waals surface area (Å²) in [6, 6.07) is 17.4. The number of hydrogen-bond donors (Lipinski definition) is 0. The van der Waals surface area contributed by atoms with Gasteiger partial charge < -0.3 is 4.74 Å². The molecule has 0 amide bonds. The molecule has 1 atom stereocenters. The summed E-state index contributed by atoms with van der Waals surface area (Å²) in [6.07, 6.45) is 5.68. The molecule has 5 nitrogen and oxygen atoms in total. The predicted molar refractivity (Wildman–Crippen MR) is 142 cm³/mol. The fourth-order valence-corrected chi connectivity index (χ4v) is 5.07. The molecule has 0 radical (unpaired) electrons. The van der Waals surface area contributed by atoms with Crippen molar-refractivity contribution in [2.24, 2.45) is 4.99 Å². The second-order valence-corrected chi connectivity index (χ2v) is 10.5. The van der Waals surface area contributed by atoms with Crippen LogP contribution < -0.4 is 14.9 Å². The van der Waals surface area contributed by atoms with E-state index in [0.29, 0.717) is 20.6 Å². The lowest BCUT2D eigenvalue weighted by Gasteiger charge is -2.21. The van der Waals surface area contributed by atoms with Gasteiger partial charge in [0.05, 0.1) is 28.5 Å². The van der Waals surface area contributed by atoms with Gasteiger partial charge in [0.25, 0.3) is 5.56 Å². The maximum Gasteiger partial charge on any atom is 0.338 e. The average Bonchev–Trinajstić information content (AvgIpc) is 3.12. The van der Waals surface area contributed by atoms with Crippen LogP contribution in [0.2, 0.25) is 0 Å². The van der Waals surface area contributed by atoms with E-state index in [-0.39, 0.29) is 17.6 Å². The summed E-state index contributed by atoms with van der Waals surface area (Å²) >= 11 is 1.33. The lowest BCUT2D eigenvalue weighted by molar-refractivity contribution is -0.139. The number of carbonyl (C=O) groups is 1. The number of aromatic nitrogens is 1. The Morgan fingerprint density at radius 1 is 1.09 bits per heavy atom. The largest absolute Gasteiger partial charge is 0.463 e. The maximum atomic E-state index is 13.6. The molecule has 0 unspecified atom stereocenters. The Morgan fingerprint density at radius 2 is 1.77 bits per heavy atom. The number of rotatable bonds is 5. The van der Waals surface area contributed by atoms with Gasteiger partial charge in [-0.2, -0.15) is 0 Å². The van der Waals surface area contributed by atoms with Crippen LogP contribution in [-0.2, 0) is 14.9 Å². The first-order valence-electron chi connectivity index (χ1n) is 11.7. The number of allylic oxidation sites excluding steroid dienone is 2. The molecule has 0 spiro atoms. The third-order valence-electron chi connectivity index (χ3n) is 5.90. The quantitative estimate of drug-likeness (QED) is 0.489. The number of esters is 1. The van der Waals surface area contributed by atoms with Gasteiger partial charge in [-0.25, -0.2) is 9.79 Å². The van der Waals surface area contributed by atoms with Crippen molar-refractivity contribution in [3.63, 3.8) is 0 Å². The normalized spacial score (nSPS) is 16.4. The SMILES string of the molecule is CCOC(=O)C1=C(C)N=c2s/c(=C/c3ccc(C(C)(C)C)cc3)c(=O)n2[C@@H]1/C=C/c1ccccc1. The zero-order valence-electron chi connectivity index (χ0n) is 20.7. The molecule has 0 aliphatic carbocycles. The minimum Gasteiger partial charge on any atom is -0.463 e. The Labute approximate surface area is 209 Å². The van der Waals surface area contributed by atoms with Crippen molar-refractivity contribution in [2.45, 2.75) is 46.1 Å². The Morgan fingerprint density at radius 3 is 2.40 bits per heavy atom. The van der Waals surface area contributed by atoms with E-state index < -0.39 is 12.0 Å². The van der Waals surface area contributed by atoms with Gasteiger partial charge in [-0.3, -0.25) is 9.36 Å². The number of nitrogens with zero attached hydrogens (tertiary/aromatic N) is 2. The molecule has 35 heavy (non-hydrogen) atoms. The first-order chi connectivity index (χ1) is 16.7. The first kappa shape index (κ1) is 24.6. The molecular formula is C29H30N2O3S. The van der Waals surface area contributed by atoms with Crippen molar-refractivity contribution >= 4 is 29.5 Å². The van der Waals surface area contributed by atoms with Crippen LogP contribution in [0.15, 0.2) is 81.7 Å². The molecule has 3 aromatic rings. The van der Waals surface area contributed by atoms with E-state index in [9.17, 15) is 9.59 Å². The van der Waals surface area contributed by atoms with Gasteiger partial charge in [0.2, 0.25) is 0 Å². The lowest BCUT2D eigenvalue weighted by atomic mass is 9.87. The van der Waals surface area contributed by atoms with E-state index in [1.54, 1.807) is 18.4 Å². The number of benzene rings is 2. The van der Waals surface area contributed by atoms with Crippen LogP contribution in [0.5, 0.6) is 0 Å². The number of ether oxygens (including phenoxy) is 1. The molecule has 0 fully saturated rings. The summed E-state index contributed by atoms with van der Waals surface area (Å²) < 4.78 is 7.49. The van der Waals surface area contributed by atoms with Crippen LogP contribution in [0.25, 0.3) is 12.2 Å². The molecule has 1 aliphatic rings. The molecule has 6 heteroatoms. The third kappa shape index (κ3) is 5.28. The van der Waals surface area contributed by atoms with E-state index in [2.05, 4.69) is 37.9 Å². The van der Waals surface area contributed by atoms with Gasteiger partial charge in [-0.1, -0.05) is 98.9 Å². The van der Waals surface area contributed by atoms with E-state index in [0.717, 1.165) is 11.1 Å². The van der Waals surface area contributed by atoms with Gasteiger partial charge in [0, 0.05) is 0 Å². The molecule has 0 N–H and O–H groups in total. The second kappa shape index (κ2) is 10.0. The Bertz CT molecular complexity index is 1470. The van der Waals surface area contributed by atoms with Crippen LogP contribution in [0, 0.1) is 0 Å². The van der Waals surface area contributed by atoms with Gasteiger partial charge >= 0.3 is 5.97 Å². The van der Waals surface area contributed by atoms with E-state index in [4.69, 9.17) is 4.74 Å². The molecular weight excluding hydrogens is 456 g/mol. The van der Waals surface area contributed by atoms with E-state index in [1.165, 1.54) is 16.9 Å². The molecule has 1 aliphatic heterocycles. The van der Waals surface area contributed by atoms with Crippen molar-refractivity contribution < 1.29 is 9.53 Å². The molecule has 0 saturated carbocycles. The summed E-state index contributed by atoms with van der Waals surface area (Å²) in [7, 11) is 0. The summed E-state index contributed by atoms with van der Waals surface area (Å²) in [5.41, 5.74) is 3.99. The summed E-state index contributed by atoms with van der Waals surface area (Å²) in [6.45, 7) is 10.3. The van der Waals surface area contributed by atoms with Crippen LogP contribution in [-0.4, -0.2) is 17.1 Å². The highest BCUT2D eigenvalue weighted by Gasteiger charge is 2.30. The number of fused-ring (bicyclic) bond motifs is 1. The van der Waals surface area contributed by atoms with Crippen LogP contribution >= 0.6 is 11.3 Å². The predicted octanol–water partition coefficient (Wildman–Crippen LogP) is 4.76. The minimum absolute atomic E-state index is 0.0595. The number of carbonyl (C=O) groups excluding carboxylic acids is 1. The van der Waals surface area contributed by atoms with Crippen molar-refractivity contribution in [3.05, 3.63) is 108 Å². The van der Waals surface area contributed by atoms with Gasteiger partial charge in [0.15, 0.2) is 4.80 Å². The van der Waals surface area contributed by atoms with E-state index >= 15 is 0 Å². The van der Waals surface area contributed by atoms with Gasteiger partial charge in [-0.05, 0) is 42.0 Å². The van der Waals surface area contributed by atoms with Gasteiger partial charge in [-0.15, -0.1) is 0 Å². The van der Waals surface area contributed by atoms with Crippen molar-refractivity contribution in [1.29, 1.82) is 0 Å². The highest BCUT2D eigenvalue weighted by atomic mass is 32.1. The smallest absolute Gasteiger partial charge is 0.338 e.